The largest absolute Gasteiger partial charge is 0.488 e. The molecule has 2 aromatic carbocycles. The Kier molecular flexibility index (Phi) is 5.89. The van der Waals surface area contributed by atoms with E-state index < -0.39 is 0 Å². The molecule has 1 heterocycles. The summed E-state index contributed by atoms with van der Waals surface area (Å²) in [6.07, 6.45) is 0.388. The summed E-state index contributed by atoms with van der Waals surface area (Å²) in [4.78, 5) is 0. The third kappa shape index (κ3) is 4.61. The van der Waals surface area contributed by atoms with Crippen LogP contribution in [0.2, 0.25) is 0 Å². The van der Waals surface area contributed by atoms with Gasteiger partial charge in [-0.25, -0.2) is 0 Å². The van der Waals surface area contributed by atoms with Crippen LogP contribution < -0.4 is 10.5 Å². The van der Waals surface area contributed by atoms with E-state index in [4.69, 9.17) is 25.2 Å². The zero-order valence-electron chi connectivity index (χ0n) is 15.1. The Labute approximate surface area is 154 Å². The van der Waals surface area contributed by atoms with Gasteiger partial charge in [-0.2, -0.15) is 5.26 Å². The number of nitriles is 1. The maximum absolute atomic E-state index is 9.12. The normalized spacial score (nSPS) is 21.3. The molecule has 2 atom stereocenters. The van der Waals surface area contributed by atoms with Gasteiger partial charge in [-0.15, -0.1) is 0 Å². The Balaban J connectivity index is 1.62. The zero-order chi connectivity index (χ0) is 18.5. The third-order valence-corrected chi connectivity index (χ3v) is 4.53. The lowest BCUT2D eigenvalue weighted by Crippen LogP contribution is -2.42. The predicted molar refractivity (Wildman–Crippen MR) is 98.6 cm³/mol. The zero-order valence-corrected chi connectivity index (χ0v) is 15.1. The lowest BCUT2D eigenvalue weighted by molar-refractivity contribution is -0.380. The van der Waals surface area contributed by atoms with Crippen molar-refractivity contribution in [1.82, 2.24) is 0 Å². The maximum Gasteiger partial charge on any atom is 0.197 e. The first-order chi connectivity index (χ1) is 12.5. The van der Waals surface area contributed by atoms with Crippen molar-refractivity contribution < 1.29 is 14.2 Å². The first-order valence-electron chi connectivity index (χ1n) is 8.83. The topological polar surface area (TPSA) is 77.5 Å². The molecule has 0 aliphatic carbocycles. The Morgan fingerprint density at radius 1 is 1.19 bits per heavy atom. The van der Waals surface area contributed by atoms with Gasteiger partial charge in [-0.3, -0.25) is 0 Å². The summed E-state index contributed by atoms with van der Waals surface area (Å²) < 4.78 is 16.4. The highest BCUT2D eigenvalue weighted by atomic mass is 16.9. The SMILES string of the molecule is CC1OC(COc2ccc(CC(c3cccc(C#N)c3)C(C)N)cc2)O1. The van der Waals surface area contributed by atoms with E-state index in [0.29, 0.717) is 12.2 Å². The van der Waals surface area contributed by atoms with Crippen LogP contribution in [-0.2, 0) is 15.9 Å². The molecule has 1 saturated heterocycles. The number of ether oxygens (including phenoxy) is 3. The van der Waals surface area contributed by atoms with Crippen molar-refractivity contribution >= 4 is 0 Å². The van der Waals surface area contributed by atoms with Crippen molar-refractivity contribution in [3.05, 3.63) is 65.2 Å². The van der Waals surface area contributed by atoms with Crippen molar-refractivity contribution in [2.75, 3.05) is 6.61 Å². The molecule has 136 valence electrons. The highest BCUT2D eigenvalue weighted by molar-refractivity contribution is 5.36. The highest BCUT2D eigenvalue weighted by Gasteiger charge is 2.27. The van der Waals surface area contributed by atoms with E-state index in [1.165, 1.54) is 5.56 Å². The molecule has 5 nitrogen and oxygen atoms in total. The average molecular weight is 352 g/mol. The van der Waals surface area contributed by atoms with Gasteiger partial charge in [0.15, 0.2) is 12.6 Å². The van der Waals surface area contributed by atoms with Crippen LogP contribution in [-0.4, -0.2) is 25.2 Å². The summed E-state index contributed by atoms with van der Waals surface area (Å²) in [5, 5.41) is 9.12. The molecule has 0 aromatic heterocycles. The van der Waals surface area contributed by atoms with E-state index in [0.717, 1.165) is 17.7 Å². The van der Waals surface area contributed by atoms with Crippen LogP contribution in [0.5, 0.6) is 5.75 Å². The second-order valence-corrected chi connectivity index (χ2v) is 6.63. The predicted octanol–water partition coefficient (Wildman–Crippen LogP) is 3.33. The van der Waals surface area contributed by atoms with E-state index in [-0.39, 0.29) is 24.5 Å². The van der Waals surface area contributed by atoms with E-state index in [2.05, 4.69) is 6.07 Å². The van der Waals surface area contributed by atoms with Gasteiger partial charge in [0.2, 0.25) is 0 Å². The molecule has 1 aliphatic rings. The second-order valence-electron chi connectivity index (χ2n) is 6.63. The molecule has 0 spiro atoms. The van der Waals surface area contributed by atoms with Crippen LogP contribution in [0.4, 0.5) is 0 Å². The van der Waals surface area contributed by atoms with E-state index in [1.807, 2.05) is 62.4 Å². The van der Waals surface area contributed by atoms with Crippen molar-refractivity contribution in [2.45, 2.75) is 44.8 Å². The summed E-state index contributed by atoms with van der Waals surface area (Å²) in [7, 11) is 0. The standard InChI is InChI=1S/C21H24N2O3/c1-14(23)20(18-5-3-4-17(10-18)12-22)11-16-6-8-19(9-7-16)24-13-21-25-15(2)26-21/h3-10,14-15,20-21H,11,13,23H2,1-2H3. The average Bonchev–Trinajstić information content (AvgIpc) is 2.63. The molecule has 5 heteroatoms. The smallest absolute Gasteiger partial charge is 0.197 e. The summed E-state index contributed by atoms with van der Waals surface area (Å²) in [5.41, 5.74) is 9.14. The number of hydrogen-bond acceptors (Lipinski definition) is 5. The Bertz CT molecular complexity index is 762. The molecule has 0 saturated carbocycles. The molecule has 3 rings (SSSR count). The lowest BCUT2D eigenvalue weighted by atomic mass is 9.86. The van der Waals surface area contributed by atoms with Crippen LogP contribution in [0.3, 0.4) is 0 Å². The first-order valence-corrected chi connectivity index (χ1v) is 8.83. The Morgan fingerprint density at radius 3 is 2.54 bits per heavy atom. The molecular formula is C21H24N2O3. The minimum Gasteiger partial charge on any atom is -0.488 e. The molecule has 1 aliphatic heterocycles. The Hall–Kier alpha value is -2.39. The van der Waals surface area contributed by atoms with E-state index in [1.54, 1.807) is 0 Å². The molecule has 0 bridgehead atoms. The molecule has 2 unspecified atom stereocenters. The fourth-order valence-corrected chi connectivity index (χ4v) is 3.10. The first kappa shape index (κ1) is 18.4. The van der Waals surface area contributed by atoms with Crippen molar-refractivity contribution in [2.24, 2.45) is 5.73 Å². The van der Waals surface area contributed by atoms with Gasteiger partial charge in [0.25, 0.3) is 0 Å². The van der Waals surface area contributed by atoms with E-state index >= 15 is 0 Å². The van der Waals surface area contributed by atoms with Gasteiger partial charge in [0, 0.05) is 12.0 Å². The summed E-state index contributed by atoms with van der Waals surface area (Å²) in [6, 6.07) is 17.8. The fourth-order valence-electron chi connectivity index (χ4n) is 3.10. The van der Waals surface area contributed by atoms with Crippen LogP contribution in [0.15, 0.2) is 48.5 Å². The van der Waals surface area contributed by atoms with Crippen molar-refractivity contribution in [3.8, 4) is 11.8 Å². The molecule has 0 radical (unpaired) electrons. The van der Waals surface area contributed by atoms with Crippen LogP contribution in [0.25, 0.3) is 0 Å². The molecule has 26 heavy (non-hydrogen) atoms. The van der Waals surface area contributed by atoms with Gasteiger partial charge < -0.3 is 19.9 Å². The quantitative estimate of drug-likeness (QED) is 0.827. The molecule has 1 fully saturated rings. The number of benzene rings is 2. The number of nitrogens with zero attached hydrogens (tertiary/aromatic N) is 1. The fraction of sp³-hybridized carbons (Fsp3) is 0.381. The van der Waals surface area contributed by atoms with Gasteiger partial charge in [-0.1, -0.05) is 24.3 Å². The monoisotopic (exact) mass is 352 g/mol. The van der Waals surface area contributed by atoms with Crippen molar-refractivity contribution in [1.29, 1.82) is 5.26 Å². The van der Waals surface area contributed by atoms with Crippen molar-refractivity contribution in [3.63, 3.8) is 0 Å². The minimum atomic E-state index is -0.278. The number of hydrogen-bond donors (Lipinski definition) is 1. The maximum atomic E-state index is 9.12. The summed E-state index contributed by atoms with van der Waals surface area (Å²) in [5.74, 6) is 0.928. The minimum absolute atomic E-state index is 0.0187. The van der Waals surface area contributed by atoms with E-state index in [9.17, 15) is 0 Å². The third-order valence-electron chi connectivity index (χ3n) is 4.53. The highest BCUT2D eigenvalue weighted by Crippen LogP contribution is 2.26. The Morgan fingerprint density at radius 2 is 1.92 bits per heavy atom. The van der Waals surface area contributed by atoms with Gasteiger partial charge >= 0.3 is 0 Å². The summed E-state index contributed by atoms with van der Waals surface area (Å²) >= 11 is 0. The molecular weight excluding hydrogens is 328 g/mol. The van der Waals surface area contributed by atoms with Gasteiger partial charge in [0.1, 0.15) is 12.4 Å². The summed E-state index contributed by atoms with van der Waals surface area (Å²) in [6.45, 7) is 4.24. The van der Waals surface area contributed by atoms with Crippen LogP contribution >= 0.6 is 0 Å². The second kappa shape index (κ2) is 8.33. The molecule has 2 aromatic rings. The van der Waals surface area contributed by atoms with Gasteiger partial charge in [-0.05, 0) is 55.7 Å². The number of rotatable bonds is 7. The van der Waals surface area contributed by atoms with Gasteiger partial charge in [0.05, 0.1) is 11.6 Å². The number of nitrogens with two attached hydrogens (primary N) is 1. The lowest BCUT2D eigenvalue weighted by Gasteiger charge is -2.33. The van der Waals surface area contributed by atoms with Crippen LogP contribution in [0.1, 0.15) is 36.5 Å². The molecule has 0 amide bonds. The van der Waals surface area contributed by atoms with Crippen LogP contribution in [0, 0.1) is 11.3 Å². The molecule has 2 N–H and O–H groups in total.